The van der Waals surface area contributed by atoms with E-state index in [1.807, 2.05) is 18.2 Å². The molecule has 0 saturated carbocycles. The minimum absolute atomic E-state index is 0.361. The average molecular weight is 251 g/mol. The molecule has 3 rings (SSSR count). The van der Waals surface area contributed by atoms with Gasteiger partial charge >= 0.3 is 7.05 Å². The van der Waals surface area contributed by atoms with E-state index in [4.69, 9.17) is 0 Å². The van der Waals surface area contributed by atoms with Crippen LogP contribution in [0.3, 0.4) is 0 Å². The molecule has 2 heterocycles. The molecule has 0 aliphatic carbocycles. The second kappa shape index (κ2) is 4.66. The van der Waals surface area contributed by atoms with E-state index in [9.17, 15) is 9.82 Å². The third-order valence-corrected chi connectivity index (χ3v) is 2.96. The third-order valence-electron chi connectivity index (χ3n) is 2.96. The van der Waals surface area contributed by atoms with E-state index < -0.39 is 7.05 Å². The number of aromatic nitrogens is 1. The molecule has 0 atom stereocenters. The van der Waals surface area contributed by atoms with Gasteiger partial charge in [-0.3, -0.25) is 9.78 Å². The van der Waals surface area contributed by atoms with Crippen molar-refractivity contribution in [1.82, 2.24) is 9.90 Å². The van der Waals surface area contributed by atoms with Crippen LogP contribution in [0.2, 0.25) is 0 Å². The monoisotopic (exact) mass is 251 g/mol. The molecule has 0 radical (unpaired) electrons. The summed E-state index contributed by atoms with van der Waals surface area (Å²) in [6, 6.07) is 10.5. The normalized spacial score (nSPS) is 13.3. The number of fused-ring (bicyclic) bond motifs is 1. The van der Waals surface area contributed by atoms with Crippen molar-refractivity contribution in [1.29, 1.82) is 0 Å². The molecular weight excluding hydrogens is 241 g/mol. The molecule has 1 aromatic carbocycles. The lowest BCUT2D eigenvalue weighted by Gasteiger charge is -2.24. The van der Waals surface area contributed by atoms with Gasteiger partial charge in [0.1, 0.15) is 0 Å². The number of hydrazone groups is 1. The minimum Gasteiger partial charge on any atom is -0.427 e. The smallest absolute Gasteiger partial charge is 0.427 e. The topological polar surface area (TPSA) is 65.8 Å². The number of carbonyl (C=O) groups excluding carboxylic acids is 1. The first-order valence-electron chi connectivity index (χ1n) is 5.82. The summed E-state index contributed by atoms with van der Waals surface area (Å²) in [7, 11) is -1.07. The van der Waals surface area contributed by atoms with Crippen molar-refractivity contribution >= 4 is 24.6 Å². The Kier molecular flexibility index (Phi) is 2.85. The van der Waals surface area contributed by atoms with Crippen molar-refractivity contribution in [2.45, 2.75) is 0 Å². The summed E-state index contributed by atoms with van der Waals surface area (Å²) in [5.41, 5.74) is 1.92. The maximum Gasteiger partial charge on any atom is 0.474 e. The molecule has 92 valence electrons. The highest BCUT2D eigenvalue weighted by atomic mass is 16.2. The zero-order valence-corrected chi connectivity index (χ0v) is 9.97. The Morgan fingerprint density at radius 3 is 2.68 bits per heavy atom. The molecule has 5 nitrogen and oxygen atoms in total. The zero-order chi connectivity index (χ0) is 13.2. The van der Waals surface area contributed by atoms with Crippen LogP contribution in [-0.4, -0.2) is 34.1 Å². The predicted molar refractivity (Wildman–Crippen MR) is 72.0 cm³/mol. The first kappa shape index (κ1) is 11.6. The van der Waals surface area contributed by atoms with Crippen molar-refractivity contribution in [3.63, 3.8) is 0 Å². The van der Waals surface area contributed by atoms with Crippen LogP contribution < -0.4 is 5.46 Å². The first-order chi connectivity index (χ1) is 9.27. The molecule has 1 amide bonds. The summed E-state index contributed by atoms with van der Waals surface area (Å²) < 4.78 is 0. The summed E-state index contributed by atoms with van der Waals surface area (Å²) in [5, 5.41) is 14.2. The van der Waals surface area contributed by atoms with Crippen LogP contribution in [0.1, 0.15) is 15.9 Å². The van der Waals surface area contributed by atoms with Crippen molar-refractivity contribution in [2.75, 3.05) is 0 Å². The van der Waals surface area contributed by atoms with Gasteiger partial charge in [-0.15, -0.1) is 0 Å². The summed E-state index contributed by atoms with van der Waals surface area (Å²) in [6.07, 6.45) is 4.63. The molecule has 0 fully saturated rings. The highest BCUT2D eigenvalue weighted by molar-refractivity contribution is 6.68. The molecule has 1 aliphatic rings. The highest BCUT2D eigenvalue weighted by Gasteiger charge is 2.33. The summed E-state index contributed by atoms with van der Waals surface area (Å²) >= 11 is 0. The van der Waals surface area contributed by atoms with E-state index in [1.54, 1.807) is 24.4 Å². The third kappa shape index (κ3) is 2.02. The van der Waals surface area contributed by atoms with E-state index in [0.29, 0.717) is 11.0 Å². The fourth-order valence-corrected chi connectivity index (χ4v) is 1.97. The Morgan fingerprint density at radius 2 is 1.89 bits per heavy atom. The maximum absolute atomic E-state index is 12.2. The second-order valence-electron chi connectivity index (χ2n) is 4.13. The van der Waals surface area contributed by atoms with E-state index in [-0.39, 0.29) is 5.91 Å². The summed E-state index contributed by atoms with van der Waals surface area (Å²) in [4.78, 5) is 17.2. The molecule has 1 aliphatic heterocycles. The van der Waals surface area contributed by atoms with Crippen LogP contribution in [-0.2, 0) is 0 Å². The number of pyridine rings is 1. The van der Waals surface area contributed by atoms with E-state index in [1.165, 1.54) is 12.4 Å². The SMILES string of the molecule is O=C(c1ccncc1)N1N=Cc2ccccc2B1O. The standard InChI is InChI=1S/C13H10BN3O2/c18-13(10-5-7-15-8-6-10)17-14(19)12-4-2-1-3-11(12)9-16-17/h1-9,19H. The van der Waals surface area contributed by atoms with Gasteiger partial charge in [0.25, 0.3) is 5.91 Å². The Balaban J connectivity index is 1.95. The molecule has 0 spiro atoms. The maximum atomic E-state index is 12.2. The van der Waals surface area contributed by atoms with Crippen molar-refractivity contribution in [2.24, 2.45) is 5.10 Å². The second-order valence-corrected chi connectivity index (χ2v) is 4.13. The van der Waals surface area contributed by atoms with Gasteiger partial charge in [-0.25, -0.2) is 4.92 Å². The van der Waals surface area contributed by atoms with Gasteiger partial charge < -0.3 is 5.02 Å². The predicted octanol–water partition coefficient (Wildman–Crippen LogP) is 0.259. The largest absolute Gasteiger partial charge is 0.474 e. The van der Waals surface area contributed by atoms with Crippen molar-refractivity contribution in [3.8, 4) is 0 Å². The fourth-order valence-electron chi connectivity index (χ4n) is 1.97. The number of benzene rings is 1. The Hall–Kier alpha value is -2.47. The van der Waals surface area contributed by atoms with Gasteiger partial charge in [-0.2, -0.15) is 5.10 Å². The van der Waals surface area contributed by atoms with Crippen molar-refractivity contribution in [3.05, 3.63) is 59.9 Å². The van der Waals surface area contributed by atoms with Gasteiger partial charge in [0.15, 0.2) is 0 Å². The Bertz CT molecular complexity index is 645. The van der Waals surface area contributed by atoms with Crippen LogP contribution >= 0.6 is 0 Å². The number of hydrogen-bond donors (Lipinski definition) is 1. The number of nitrogens with zero attached hydrogens (tertiary/aromatic N) is 3. The van der Waals surface area contributed by atoms with Gasteiger partial charge in [-0.1, -0.05) is 24.3 Å². The Morgan fingerprint density at radius 1 is 1.16 bits per heavy atom. The molecule has 19 heavy (non-hydrogen) atoms. The number of rotatable bonds is 1. The molecule has 1 aromatic heterocycles. The summed E-state index contributed by atoms with van der Waals surface area (Å²) in [5.74, 6) is -0.361. The zero-order valence-electron chi connectivity index (χ0n) is 9.97. The van der Waals surface area contributed by atoms with Crippen LogP contribution in [0.25, 0.3) is 0 Å². The van der Waals surface area contributed by atoms with Gasteiger partial charge in [0.05, 0.1) is 6.21 Å². The van der Waals surface area contributed by atoms with E-state index in [0.717, 1.165) is 10.5 Å². The van der Waals surface area contributed by atoms with Crippen LogP contribution in [0.5, 0.6) is 0 Å². The molecule has 0 saturated heterocycles. The van der Waals surface area contributed by atoms with Gasteiger partial charge in [0, 0.05) is 18.0 Å². The quantitative estimate of drug-likeness (QED) is 0.739. The van der Waals surface area contributed by atoms with Crippen LogP contribution in [0, 0.1) is 0 Å². The number of hydrogen-bond acceptors (Lipinski definition) is 4. The molecule has 0 unspecified atom stereocenters. The molecule has 6 heteroatoms. The van der Waals surface area contributed by atoms with Gasteiger partial charge in [-0.05, 0) is 23.2 Å². The lowest BCUT2D eigenvalue weighted by atomic mass is 9.69. The average Bonchev–Trinajstić information content (AvgIpc) is 2.48. The minimum atomic E-state index is -1.07. The first-order valence-corrected chi connectivity index (χ1v) is 5.82. The molecule has 1 N–H and O–H groups in total. The highest BCUT2D eigenvalue weighted by Crippen LogP contribution is 2.10. The summed E-state index contributed by atoms with van der Waals surface area (Å²) in [6.45, 7) is 0. The van der Waals surface area contributed by atoms with Crippen LogP contribution in [0.15, 0.2) is 53.9 Å². The van der Waals surface area contributed by atoms with E-state index >= 15 is 0 Å². The fraction of sp³-hybridized carbons (Fsp3) is 0. The van der Waals surface area contributed by atoms with E-state index in [2.05, 4.69) is 10.1 Å². The molecule has 2 aromatic rings. The lowest BCUT2D eigenvalue weighted by Crippen LogP contribution is -2.52. The molecule has 0 bridgehead atoms. The van der Waals surface area contributed by atoms with Gasteiger partial charge in [0.2, 0.25) is 0 Å². The van der Waals surface area contributed by atoms with Crippen LogP contribution in [0.4, 0.5) is 0 Å². The lowest BCUT2D eigenvalue weighted by molar-refractivity contribution is 0.0846. The number of carbonyl (C=O) groups is 1. The molecular formula is C13H10BN3O2. The van der Waals surface area contributed by atoms with Crippen molar-refractivity contribution < 1.29 is 9.82 Å². The Labute approximate surface area is 110 Å². The number of amides is 1.